The summed E-state index contributed by atoms with van der Waals surface area (Å²) in [5, 5.41) is 3.87. The first-order chi connectivity index (χ1) is 17.1. The fourth-order valence-electron chi connectivity index (χ4n) is 4.36. The summed E-state index contributed by atoms with van der Waals surface area (Å²) in [5.74, 6) is 1.88. The fourth-order valence-corrected chi connectivity index (χ4v) is 4.79. The van der Waals surface area contributed by atoms with Crippen molar-refractivity contribution >= 4 is 11.8 Å². The van der Waals surface area contributed by atoms with Crippen molar-refractivity contribution in [3.05, 3.63) is 87.4 Å². The van der Waals surface area contributed by atoms with E-state index in [2.05, 4.69) is 47.6 Å². The Bertz CT molecular complexity index is 1310. The van der Waals surface area contributed by atoms with E-state index in [4.69, 9.17) is 14.5 Å². The standard InChI is InChI=1S/C28H32N4O2S/c1-4-5-11-25-24(26(12-8-17-35-3)30-19(2)29-25)18-20-13-15-21(16-14-20)22-9-6-7-10-23(22)27-31-28(33)34-32-27/h6-7,9-10,13-16H,4-5,8,11-12,17-18H2,1-3H3,(H,31,32,33). The molecule has 4 rings (SSSR count). The van der Waals surface area contributed by atoms with Gasteiger partial charge in [0.05, 0.1) is 0 Å². The van der Waals surface area contributed by atoms with E-state index in [1.165, 1.54) is 22.5 Å². The molecule has 1 N–H and O–H groups in total. The van der Waals surface area contributed by atoms with E-state index in [0.29, 0.717) is 5.82 Å². The molecular weight excluding hydrogens is 456 g/mol. The highest BCUT2D eigenvalue weighted by Crippen LogP contribution is 2.30. The highest BCUT2D eigenvalue weighted by Gasteiger charge is 2.15. The molecule has 0 saturated carbocycles. The van der Waals surface area contributed by atoms with Gasteiger partial charge < -0.3 is 0 Å². The van der Waals surface area contributed by atoms with Crippen molar-refractivity contribution in [2.24, 2.45) is 0 Å². The zero-order valence-electron chi connectivity index (χ0n) is 20.6. The zero-order chi connectivity index (χ0) is 24.6. The molecule has 2 aromatic heterocycles. The number of H-pyrrole nitrogens is 1. The van der Waals surface area contributed by atoms with Crippen LogP contribution in [0.5, 0.6) is 0 Å². The number of hydrogen-bond acceptors (Lipinski definition) is 6. The van der Waals surface area contributed by atoms with Gasteiger partial charge in [-0.1, -0.05) is 67.0 Å². The summed E-state index contributed by atoms with van der Waals surface area (Å²) < 4.78 is 4.71. The number of thioether (sulfide) groups is 1. The Kier molecular flexibility index (Phi) is 8.53. The third-order valence-corrected chi connectivity index (χ3v) is 6.78. The van der Waals surface area contributed by atoms with E-state index in [1.54, 1.807) is 0 Å². The van der Waals surface area contributed by atoms with Crippen molar-refractivity contribution < 1.29 is 4.52 Å². The van der Waals surface area contributed by atoms with Crippen LogP contribution in [0.2, 0.25) is 0 Å². The minimum Gasteiger partial charge on any atom is -0.296 e. The number of rotatable bonds is 11. The maximum Gasteiger partial charge on any atom is 0.439 e. The van der Waals surface area contributed by atoms with Crippen molar-refractivity contribution in [3.63, 3.8) is 0 Å². The second kappa shape index (κ2) is 12.0. The lowest BCUT2D eigenvalue weighted by Crippen LogP contribution is -2.10. The molecule has 0 unspecified atom stereocenters. The lowest BCUT2D eigenvalue weighted by atomic mass is 9.94. The summed E-state index contributed by atoms with van der Waals surface area (Å²) in [6.45, 7) is 4.23. The summed E-state index contributed by atoms with van der Waals surface area (Å²) >= 11 is 1.88. The van der Waals surface area contributed by atoms with E-state index >= 15 is 0 Å². The van der Waals surface area contributed by atoms with Gasteiger partial charge in [-0.3, -0.25) is 9.51 Å². The first-order valence-corrected chi connectivity index (χ1v) is 13.6. The first kappa shape index (κ1) is 24.9. The highest BCUT2D eigenvalue weighted by molar-refractivity contribution is 7.98. The molecule has 0 fully saturated rings. The molecule has 2 heterocycles. The Balaban J connectivity index is 1.63. The predicted octanol–water partition coefficient (Wildman–Crippen LogP) is 6.02. The van der Waals surface area contributed by atoms with Gasteiger partial charge in [0.25, 0.3) is 0 Å². The quantitative estimate of drug-likeness (QED) is 0.260. The van der Waals surface area contributed by atoms with Crippen molar-refractivity contribution in [2.75, 3.05) is 12.0 Å². The number of benzene rings is 2. The smallest absolute Gasteiger partial charge is 0.296 e. The number of aromatic nitrogens is 4. The predicted molar refractivity (Wildman–Crippen MR) is 143 cm³/mol. The lowest BCUT2D eigenvalue weighted by molar-refractivity contribution is 0.388. The van der Waals surface area contributed by atoms with Crippen LogP contribution in [0.4, 0.5) is 0 Å². The lowest BCUT2D eigenvalue weighted by Gasteiger charge is -2.15. The van der Waals surface area contributed by atoms with E-state index < -0.39 is 5.76 Å². The molecule has 0 aliphatic rings. The summed E-state index contributed by atoms with van der Waals surface area (Å²) in [4.78, 5) is 23.8. The van der Waals surface area contributed by atoms with Crippen LogP contribution in [-0.4, -0.2) is 32.1 Å². The van der Waals surface area contributed by atoms with Crippen molar-refractivity contribution in [3.8, 4) is 22.5 Å². The number of aryl methyl sites for hydroxylation is 3. The minimum atomic E-state index is -0.558. The fraction of sp³-hybridized carbons (Fsp3) is 0.357. The van der Waals surface area contributed by atoms with E-state index in [0.717, 1.165) is 66.8 Å². The Labute approximate surface area is 210 Å². The number of unbranched alkanes of at least 4 members (excludes halogenated alkanes) is 1. The van der Waals surface area contributed by atoms with Crippen LogP contribution in [0.25, 0.3) is 22.5 Å². The molecule has 0 radical (unpaired) electrons. The SMILES string of the molecule is CCCCc1nc(C)nc(CCCSC)c1Cc1ccc(-c2ccccc2-c2noc(=O)[nH]2)cc1. The van der Waals surface area contributed by atoms with Gasteiger partial charge >= 0.3 is 5.76 Å². The largest absolute Gasteiger partial charge is 0.439 e. The molecule has 0 amide bonds. The highest BCUT2D eigenvalue weighted by atomic mass is 32.2. The van der Waals surface area contributed by atoms with E-state index in [-0.39, 0.29) is 0 Å². The Hall–Kier alpha value is -3.19. The molecule has 6 nitrogen and oxygen atoms in total. The summed E-state index contributed by atoms with van der Waals surface area (Å²) in [6, 6.07) is 16.5. The second-order valence-corrected chi connectivity index (χ2v) is 9.69. The molecule has 0 bridgehead atoms. The number of nitrogens with zero attached hydrogens (tertiary/aromatic N) is 3. The van der Waals surface area contributed by atoms with Crippen LogP contribution in [0.3, 0.4) is 0 Å². The number of aromatic amines is 1. The third kappa shape index (κ3) is 6.28. The topological polar surface area (TPSA) is 84.7 Å². The molecule has 2 aromatic carbocycles. The molecule has 182 valence electrons. The average Bonchev–Trinajstić information content (AvgIpc) is 3.31. The minimum absolute atomic E-state index is 0.432. The molecule has 0 atom stereocenters. The Morgan fingerprint density at radius 3 is 2.26 bits per heavy atom. The van der Waals surface area contributed by atoms with Crippen LogP contribution >= 0.6 is 11.8 Å². The summed E-state index contributed by atoms with van der Waals surface area (Å²) in [6.07, 6.45) is 8.36. The molecule has 35 heavy (non-hydrogen) atoms. The molecule has 7 heteroatoms. The molecular formula is C28H32N4O2S. The first-order valence-electron chi connectivity index (χ1n) is 12.2. The molecule has 0 aliphatic carbocycles. The van der Waals surface area contributed by atoms with Crippen LogP contribution in [0, 0.1) is 6.92 Å². The van der Waals surface area contributed by atoms with Crippen LogP contribution in [0.15, 0.2) is 57.8 Å². The van der Waals surface area contributed by atoms with Gasteiger partial charge in [-0.2, -0.15) is 11.8 Å². The monoisotopic (exact) mass is 488 g/mol. The summed E-state index contributed by atoms with van der Waals surface area (Å²) in [5.41, 5.74) is 7.79. The van der Waals surface area contributed by atoms with Crippen LogP contribution in [0.1, 0.15) is 54.5 Å². The van der Waals surface area contributed by atoms with E-state index in [9.17, 15) is 4.79 Å². The van der Waals surface area contributed by atoms with Gasteiger partial charge in [-0.25, -0.2) is 14.8 Å². The molecule has 0 saturated heterocycles. The van der Waals surface area contributed by atoms with Crippen LogP contribution < -0.4 is 5.76 Å². The Morgan fingerprint density at radius 2 is 1.63 bits per heavy atom. The molecule has 0 aliphatic heterocycles. The number of nitrogens with one attached hydrogen (secondary N) is 1. The van der Waals surface area contributed by atoms with Crippen LogP contribution in [-0.2, 0) is 19.3 Å². The molecule has 4 aromatic rings. The maximum absolute atomic E-state index is 11.5. The van der Waals surface area contributed by atoms with Crippen molar-refractivity contribution in [2.45, 2.75) is 52.4 Å². The summed E-state index contributed by atoms with van der Waals surface area (Å²) in [7, 11) is 0. The normalized spacial score (nSPS) is 11.2. The van der Waals surface area contributed by atoms with Crippen molar-refractivity contribution in [1.82, 2.24) is 20.1 Å². The van der Waals surface area contributed by atoms with Gasteiger partial charge in [-0.05, 0) is 66.9 Å². The third-order valence-electron chi connectivity index (χ3n) is 6.09. The maximum atomic E-state index is 11.5. The average molecular weight is 489 g/mol. The van der Waals surface area contributed by atoms with Gasteiger partial charge in [0.15, 0.2) is 5.82 Å². The Morgan fingerprint density at radius 1 is 0.943 bits per heavy atom. The number of hydrogen-bond donors (Lipinski definition) is 1. The van der Waals surface area contributed by atoms with E-state index in [1.807, 2.05) is 43.0 Å². The van der Waals surface area contributed by atoms with Crippen molar-refractivity contribution in [1.29, 1.82) is 0 Å². The second-order valence-electron chi connectivity index (χ2n) is 8.71. The van der Waals surface area contributed by atoms with Gasteiger partial charge in [0.1, 0.15) is 5.82 Å². The zero-order valence-corrected chi connectivity index (χ0v) is 21.5. The van der Waals surface area contributed by atoms with Gasteiger partial charge in [0.2, 0.25) is 0 Å². The molecule has 0 spiro atoms. The van der Waals surface area contributed by atoms with Gasteiger partial charge in [-0.15, -0.1) is 0 Å². The van der Waals surface area contributed by atoms with Gasteiger partial charge in [0, 0.05) is 23.4 Å².